The van der Waals surface area contributed by atoms with Crippen molar-refractivity contribution in [2.24, 2.45) is 11.7 Å². The molecule has 2 N–H and O–H groups in total. The fourth-order valence-electron chi connectivity index (χ4n) is 1.19. The number of halogens is 1. The summed E-state index contributed by atoms with van der Waals surface area (Å²) in [4.78, 5) is 12.6. The molecule has 1 aromatic heterocycles. The molecule has 14 heavy (non-hydrogen) atoms. The number of hydrogen-bond acceptors (Lipinski definition) is 3. The standard InChI is InChI=1S/C10H14BrNOS/c1-7(5-12)2-9(13)4-10-3-8(11)6-14-10/h3,6-7H,2,4-5,12H2,1H3. The minimum Gasteiger partial charge on any atom is -0.330 e. The van der Waals surface area contributed by atoms with Crippen molar-refractivity contribution < 1.29 is 4.79 Å². The fourth-order valence-corrected chi connectivity index (χ4v) is 2.66. The summed E-state index contributed by atoms with van der Waals surface area (Å²) in [6.45, 7) is 2.59. The molecule has 0 bridgehead atoms. The Hall–Kier alpha value is -0.190. The van der Waals surface area contributed by atoms with E-state index >= 15 is 0 Å². The fraction of sp³-hybridized carbons (Fsp3) is 0.500. The van der Waals surface area contributed by atoms with Gasteiger partial charge in [0.15, 0.2) is 0 Å². The normalized spacial score (nSPS) is 12.8. The van der Waals surface area contributed by atoms with Crippen LogP contribution in [0.15, 0.2) is 15.9 Å². The molecule has 0 radical (unpaired) electrons. The van der Waals surface area contributed by atoms with Crippen LogP contribution in [-0.2, 0) is 11.2 Å². The van der Waals surface area contributed by atoms with E-state index in [-0.39, 0.29) is 5.78 Å². The lowest BCUT2D eigenvalue weighted by molar-refractivity contribution is -0.119. The molecule has 78 valence electrons. The Bertz CT molecular complexity index is 311. The number of carbonyl (C=O) groups excluding carboxylic acids is 1. The van der Waals surface area contributed by atoms with E-state index < -0.39 is 0 Å². The zero-order valence-corrected chi connectivity index (χ0v) is 10.5. The van der Waals surface area contributed by atoms with Crippen molar-refractivity contribution in [3.63, 3.8) is 0 Å². The zero-order chi connectivity index (χ0) is 10.6. The van der Waals surface area contributed by atoms with Gasteiger partial charge in [-0.3, -0.25) is 4.79 Å². The molecule has 0 saturated heterocycles. The molecule has 1 atom stereocenters. The average Bonchev–Trinajstić information content (AvgIpc) is 2.50. The first-order chi connectivity index (χ1) is 6.61. The Labute approximate surface area is 96.6 Å². The first-order valence-corrected chi connectivity index (χ1v) is 6.23. The van der Waals surface area contributed by atoms with E-state index in [9.17, 15) is 4.79 Å². The van der Waals surface area contributed by atoms with E-state index in [1.54, 1.807) is 11.3 Å². The molecule has 0 fully saturated rings. The second-order valence-electron chi connectivity index (χ2n) is 3.49. The van der Waals surface area contributed by atoms with Crippen LogP contribution >= 0.6 is 27.3 Å². The predicted octanol–water partition coefficient (Wildman–Crippen LogP) is 2.61. The zero-order valence-electron chi connectivity index (χ0n) is 8.13. The van der Waals surface area contributed by atoms with Gasteiger partial charge in [0.05, 0.1) is 0 Å². The summed E-state index contributed by atoms with van der Waals surface area (Å²) in [6, 6.07) is 2.00. The quantitative estimate of drug-likeness (QED) is 0.898. The summed E-state index contributed by atoms with van der Waals surface area (Å²) in [5, 5.41) is 2.00. The topological polar surface area (TPSA) is 43.1 Å². The lowest BCUT2D eigenvalue weighted by Gasteiger charge is -2.05. The number of rotatable bonds is 5. The van der Waals surface area contributed by atoms with Gasteiger partial charge in [-0.15, -0.1) is 11.3 Å². The Balaban J connectivity index is 2.41. The largest absolute Gasteiger partial charge is 0.330 e. The van der Waals surface area contributed by atoms with Gasteiger partial charge in [0.25, 0.3) is 0 Å². The van der Waals surface area contributed by atoms with Gasteiger partial charge in [-0.05, 0) is 34.5 Å². The Kier molecular flexibility index (Phi) is 4.78. The summed E-state index contributed by atoms with van der Waals surface area (Å²) in [5.74, 6) is 0.572. The van der Waals surface area contributed by atoms with Gasteiger partial charge in [-0.1, -0.05) is 6.92 Å². The SMILES string of the molecule is CC(CN)CC(=O)Cc1cc(Br)cs1. The third-order valence-corrected chi connectivity index (χ3v) is 3.67. The van der Waals surface area contributed by atoms with Gasteiger partial charge in [0, 0.05) is 27.6 Å². The minimum absolute atomic E-state index is 0.275. The van der Waals surface area contributed by atoms with Crippen molar-refractivity contribution in [3.8, 4) is 0 Å². The molecule has 0 aromatic carbocycles. The maximum atomic E-state index is 11.5. The van der Waals surface area contributed by atoms with E-state index in [1.165, 1.54) is 0 Å². The van der Waals surface area contributed by atoms with Crippen molar-refractivity contribution in [2.45, 2.75) is 19.8 Å². The van der Waals surface area contributed by atoms with E-state index in [2.05, 4.69) is 15.9 Å². The van der Waals surface area contributed by atoms with Crippen LogP contribution in [0.2, 0.25) is 0 Å². The van der Waals surface area contributed by atoms with Gasteiger partial charge < -0.3 is 5.73 Å². The molecule has 1 rings (SSSR count). The van der Waals surface area contributed by atoms with E-state index in [0.29, 0.717) is 25.3 Å². The highest BCUT2D eigenvalue weighted by atomic mass is 79.9. The molecule has 0 spiro atoms. The second kappa shape index (κ2) is 5.63. The van der Waals surface area contributed by atoms with E-state index in [1.807, 2.05) is 18.4 Å². The minimum atomic E-state index is 0.275. The molecule has 0 aliphatic carbocycles. The molecule has 1 unspecified atom stereocenters. The highest BCUT2D eigenvalue weighted by Gasteiger charge is 2.09. The maximum Gasteiger partial charge on any atom is 0.138 e. The van der Waals surface area contributed by atoms with Crippen LogP contribution in [0, 0.1) is 5.92 Å². The van der Waals surface area contributed by atoms with Crippen LogP contribution in [0.4, 0.5) is 0 Å². The number of ketones is 1. The van der Waals surface area contributed by atoms with Crippen LogP contribution in [0.25, 0.3) is 0 Å². The third-order valence-electron chi connectivity index (χ3n) is 1.97. The van der Waals surface area contributed by atoms with Crippen molar-refractivity contribution in [1.82, 2.24) is 0 Å². The van der Waals surface area contributed by atoms with Crippen LogP contribution in [0.3, 0.4) is 0 Å². The molecule has 1 heterocycles. The summed E-state index contributed by atoms with van der Waals surface area (Å²) in [7, 11) is 0. The molecule has 4 heteroatoms. The lowest BCUT2D eigenvalue weighted by Crippen LogP contribution is -2.15. The third kappa shape index (κ3) is 3.90. The van der Waals surface area contributed by atoms with Crippen molar-refractivity contribution >= 4 is 33.0 Å². The summed E-state index contributed by atoms with van der Waals surface area (Å²) in [6.07, 6.45) is 1.13. The maximum absolute atomic E-state index is 11.5. The molecule has 0 aliphatic rings. The Morgan fingerprint density at radius 1 is 1.71 bits per heavy atom. The smallest absolute Gasteiger partial charge is 0.138 e. The van der Waals surface area contributed by atoms with Gasteiger partial charge in [-0.25, -0.2) is 0 Å². The monoisotopic (exact) mass is 275 g/mol. The van der Waals surface area contributed by atoms with Crippen LogP contribution in [-0.4, -0.2) is 12.3 Å². The first-order valence-electron chi connectivity index (χ1n) is 4.56. The van der Waals surface area contributed by atoms with Crippen molar-refractivity contribution in [1.29, 1.82) is 0 Å². The van der Waals surface area contributed by atoms with Crippen LogP contribution < -0.4 is 5.73 Å². The molecule has 0 aliphatic heterocycles. The van der Waals surface area contributed by atoms with Gasteiger partial charge >= 0.3 is 0 Å². The number of carbonyl (C=O) groups is 1. The molecular weight excluding hydrogens is 262 g/mol. The molecule has 0 saturated carbocycles. The summed E-state index contributed by atoms with van der Waals surface area (Å²) >= 11 is 4.98. The molecular formula is C10H14BrNOS. The molecule has 2 nitrogen and oxygen atoms in total. The van der Waals surface area contributed by atoms with Crippen molar-refractivity contribution in [3.05, 3.63) is 20.8 Å². The number of thiophene rings is 1. The van der Waals surface area contributed by atoms with E-state index in [0.717, 1.165) is 9.35 Å². The van der Waals surface area contributed by atoms with Gasteiger partial charge in [0.1, 0.15) is 5.78 Å². The Morgan fingerprint density at radius 3 is 2.93 bits per heavy atom. The lowest BCUT2D eigenvalue weighted by atomic mass is 10.0. The first kappa shape index (κ1) is 11.9. The average molecular weight is 276 g/mol. The summed E-state index contributed by atoms with van der Waals surface area (Å²) < 4.78 is 1.05. The second-order valence-corrected chi connectivity index (χ2v) is 5.40. The number of nitrogens with two attached hydrogens (primary N) is 1. The molecule has 1 aromatic rings. The number of Topliss-reactive ketones (excluding diaryl/α,β-unsaturated/α-hetero) is 1. The highest BCUT2D eigenvalue weighted by Crippen LogP contribution is 2.20. The van der Waals surface area contributed by atoms with Crippen LogP contribution in [0.5, 0.6) is 0 Å². The Morgan fingerprint density at radius 2 is 2.43 bits per heavy atom. The predicted molar refractivity (Wildman–Crippen MR) is 63.6 cm³/mol. The number of hydrogen-bond donors (Lipinski definition) is 1. The van der Waals surface area contributed by atoms with Gasteiger partial charge in [0.2, 0.25) is 0 Å². The van der Waals surface area contributed by atoms with Crippen molar-refractivity contribution in [2.75, 3.05) is 6.54 Å². The molecule has 0 amide bonds. The highest BCUT2D eigenvalue weighted by molar-refractivity contribution is 9.10. The van der Waals surface area contributed by atoms with E-state index in [4.69, 9.17) is 5.73 Å². The summed E-state index contributed by atoms with van der Waals surface area (Å²) in [5.41, 5.74) is 5.46. The van der Waals surface area contributed by atoms with Gasteiger partial charge in [-0.2, -0.15) is 0 Å². The van der Waals surface area contributed by atoms with Crippen LogP contribution in [0.1, 0.15) is 18.2 Å².